The van der Waals surface area contributed by atoms with Crippen LogP contribution in [0.3, 0.4) is 0 Å². The topological polar surface area (TPSA) is 87.7 Å². The summed E-state index contributed by atoms with van der Waals surface area (Å²) in [5, 5.41) is 5.49. The molecule has 1 saturated heterocycles. The standard InChI is InChI=1S/C17H21N3O4/c1-24-13-6-4-5-12(9-13)10-18-14(21)11-20-15(22)17(19-16(20)23)7-2-3-8-17/h4-6,9H,2-3,7-8,10-11H2,1H3,(H,18,21)(H,19,23). The van der Waals surface area contributed by atoms with Crippen molar-refractivity contribution in [3.63, 3.8) is 0 Å². The maximum atomic E-state index is 12.5. The molecule has 1 aromatic carbocycles. The highest BCUT2D eigenvalue weighted by Gasteiger charge is 2.52. The van der Waals surface area contributed by atoms with Crippen LogP contribution in [0.5, 0.6) is 5.75 Å². The van der Waals surface area contributed by atoms with E-state index in [1.165, 1.54) is 0 Å². The third kappa shape index (κ3) is 3.06. The molecular formula is C17H21N3O4. The van der Waals surface area contributed by atoms with E-state index < -0.39 is 11.6 Å². The predicted octanol–water partition coefficient (Wildman–Crippen LogP) is 1.18. The number of ether oxygens (including phenoxy) is 1. The molecule has 2 N–H and O–H groups in total. The number of carbonyl (C=O) groups is 3. The molecule has 0 aromatic heterocycles. The lowest BCUT2D eigenvalue weighted by Crippen LogP contribution is -2.45. The van der Waals surface area contributed by atoms with E-state index in [-0.39, 0.29) is 18.4 Å². The zero-order valence-corrected chi connectivity index (χ0v) is 13.6. The van der Waals surface area contributed by atoms with Gasteiger partial charge in [0.2, 0.25) is 5.91 Å². The Morgan fingerprint density at radius 2 is 2.08 bits per heavy atom. The van der Waals surface area contributed by atoms with E-state index in [1.807, 2.05) is 24.3 Å². The summed E-state index contributed by atoms with van der Waals surface area (Å²) < 4.78 is 5.13. The van der Waals surface area contributed by atoms with Gasteiger partial charge in [0.25, 0.3) is 5.91 Å². The van der Waals surface area contributed by atoms with Crippen LogP contribution in [0.15, 0.2) is 24.3 Å². The summed E-state index contributed by atoms with van der Waals surface area (Å²) >= 11 is 0. The van der Waals surface area contributed by atoms with Crippen molar-refractivity contribution in [3.05, 3.63) is 29.8 Å². The smallest absolute Gasteiger partial charge is 0.325 e. The lowest BCUT2D eigenvalue weighted by atomic mass is 9.98. The van der Waals surface area contributed by atoms with Crippen molar-refractivity contribution in [1.82, 2.24) is 15.5 Å². The summed E-state index contributed by atoms with van der Waals surface area (Å²) in [6, 6.07) is 6.87. The number of urea groups is 1. The van der Waals surface area contributed by atoms with Crippen LogP contribution in [0.1, 0.15) is 31.2 Å². The molecule has 4 amide bonds. The second kappa shape index (κ2) is 6.51. The van der Waals surface area contributed by atoms with Crippen molar-refractivity contribution < 1.29 is 19.1 Å². The second-order valence-electron chi connectivity index (χ2n) is 6.24. The van der Waals surface area contributed by atoms with E-state index in [0.29, 0.717) is 25.1 Å². The fourth-order valence-corrected chi connectivity index (χ4v) is 3.32. The Labute approximate surface area is 140 Å². The molecule has 0 atom stereocenters. The van der Waals surface area contributed by atoms with Crippen LogP contribution in [0.25, 0.3) is 0 Å². The number of carbonyl (C=O) groups excluding carboxylic acids is 3. The van der Waals surface area contributed by atoms with Gasteiger partial charge in [-0.15, -0.1) is 0 Å². The quantitative estimate of drug-likeness (QED) is 0.793. The van der Waals surface area contributed by atoms with Crippen molar-refractivity contribution >= 4 is 17.8 Å². The highest BCUT2D eigenvalue weighted by atomic mass is 16.5. The highest BCUT2D eigenvalue weighted by molar-refractivity contribution is 6.09. The molecule has 0 bridgehead atoms. The van der Waals surface area contributed by atoms with Crippen molar-refractivity contribution in [1.29, 1.82) is 0 Å². The number of hydrogen-bond acceptors (Lipinski definition) is 4. The van der Waals surface area contributed by atoms with Crippen molar-refractivity contribution in [2.75, 3.05) is 13.7 Å². The van der Waals surface area contributed by atoms with Gasteiger partial charge in [-0.2, -0.15) is 0 Å². The molecule has 0 unspecified atom stereocenters. The van der Waals surface area contributed by atoms with Gasteiger partial charge in [-0.1, -0.05) is 25.0 Å². The molecule has 1 aromatic rings. The number of rotatable bonds is 5. The van der Waals surface area contributed by atoms with E-state index in [9.17, 15) is 14.4 Å². The average Bonchev–Trinajstić information content (AvgIpc) is 3.14. The third-order valence-corrected chi connectivity index (χ3v) is 4.63. The lowest BCUT2D eigenvalue weighted by molar-refractivity contribution is -0.134. The summed E-state index contributed by atoms with van der Waals surface area (Å²) in [6.45, 7) is 0.0568. The Balaban J connectivity index is 1.56. The molecule has 128 valence electrons. The van der Waals surface area contributed by atoms with Gasteiger partial charge in [0, 0.05) is 6.54 Å². The Hall–Kier alpha value is -2.57. The Morgan fingerprint density at radius 1 is 1.33 bits per heavy atom. The number of amides is 4. The molecule has 3 rings (SSSR count). The third-order valence-electron chi connectivity index (χ3n) is 4.63. The number of nitrogens with zero attached hydrogens (tertiary/aromatic N) is 1. The molecule has 1 heterocycles. The van der Waals surface area contributed by atoms with Gasteiger partial charge >= 0.3 is 6.03 Å². The molecule has 1 spiro atoms. The largest absolute Gasteiger partial charge is 0.497 e. The van der Waals surface area contributed by atoms with Crippen LogP contribution in [0.4, 0.5) is 4.79 Å². The Kier molecular flexibility index (Phi) is 4.42. The molecule has 2 aliphatic rings. The minimum Gasteiger partial charge on any atom is -0.497 e. The SMILES string of the molecule is COc1cccc(CNC(=O)CN2C(=O)NC3(CCCC3)C2=O)c1. The Bertz CT molecular complexity index is 668. The van der Waals surface area contributed by atoms with E-state index in [0.717, 1.165) is 23.3 Å². The summed E-state index contributed by atoms with van der Waals surface area (Å²) in [5.41, 5.74) is 0.108. The molecule has 7 nitrogen and oxygen atoms in total. The summed E-state index contributed by atoms with van der Waals surface area (Å²) in [7, 11) is 1.58. The predicted molar refractivity (Wildman–Crippen MR) is 86.3 cm³/mol. The van der Waals surface area contributed by atoms with Gasteiger partial charge in [0.1, 0.15) is 17.8 Å². The maximum Gasteiger partial charge on any atom is 0.325 e. The maximum absolute atomic E-state index is 12.5. The van der Waals surface area contributed by atoms with Crippen molar-refractivity contribution in [3.8, 4) is 5.75 Å². The zero-order chi connectivity index (χ0) is 17.2. The molecule has 2 fully saturated rings. The van der Waals surface area contributed by atoms with E-state index >= 15 is 0 Å². The normalized spacial score (nSPS) is 18.8. The molecule has 0 radical (unpaired) electrons. The van der Waals surface area contributed by atoms with Gasteiger partial charge in [-0.3, -0.25) is 14.5 Å². The first-order valence-corrected chi connectivity index (χ1v) is 8.08. The first-order valence-electron chi connectivity index (χ1n) is 8.08. The number of methoxy groups -OCH3 is 1. The summed E-state index contributed by atoms with van der Waals surface area (Å²) in [4.78, 5) is 37.6. The van der Waals surface area contributed by atoms with E-state index in [4.69, 9.17) is 4.74 Å². The minimum absolute atomic E-state index is 0.254. The summed E-state index contributed by atoms with van der Waals surface area (Å²) in [5.74, 6) is 0.0666. The van der Waals surface area contributed by atoms with Crippen LogP contribution >= 0.6 is 0 Å². The molecule has 24 heavy (non-hydrogen) atoms. The molecular weight excluding hydrogens is 310 g/mol. The van der Waals surface area contributed by atoms with Crippen molar-refractivity contribution in [2.24, 2.45) is 0 Å². The van der Waals surface area contributed by atoms with Gasteiger partial charge in [-0.05, 0) is 30.5 Å². The van der Waals surface area contributed by atoms with Gasteiger partial charge < -0.3 is 15.4 Å². The average molecular weight is 331 g/mol. The van der Waals surface area contributed by atoms with Gasteiger partial charge in [0.15, 0.2) is 0 Å². The first kappa shape index (κ1) is 16.3. The number of nitrogens with one attached hydrogen (secondary N) is 2. The van der Waals surface area contributed by atoms with Crippen molar-refractivity contribution in [2.45, 2.75) is 37.8 Å². The van der Waals surface area contributed by atoms with Crippen LogP contribution in [0, 0.1) is 0 Å². The van der Waals surface area contributed by atoms with Crippen LogP contribution in [-0.4, -0.2) is 41.9 Å². The van der Waals surface area contributed by atoms with Gasteiger partial charge in [0.05, 0.1) is 7.11 Å². The van der Waals surface area contributed by atoms with E-state index in [2.05, 4.69) is 10.6 Å². The van der Waals surface area contributed by atoms with Crippen LogP contribution in [0.2, 0.25) is 0 Å². The molecule has 1 aliphatic heterocycles. The minimum atomic E-state index is -0.774. The number of hydrogen-bond donors (Lipinski definition) is 2. The second-order valence-corrected chi connectivity index (χ2v) is 6.24. The fourth-order valence-electron chi connectivity index (χ4n) is 3.32. The Morgan fingerprint density at radius 3 is 2.79 bits per heavy atom. The monoisotopic (exact) mass is 331 g/mol. The highest BCUT2D eigenvalue weighted by Crippen LogP contribution is 2.34. The first-order chi connectivity index (χ1) is 11.5. The van der Waals surface area contributed by atoms with Gasteiger partial charge in [-0.25, -0.2) is 4.79 Å². The van der Waals surface area contributed by atoms with Crippen LogP contribution < -0.4 is 15.4 Å². The number of benzene rings is 1. The fraction of sp³-hybridized carbons (Fsp3) is 0.471. The molecule has 1 saturated carbocycles. The molecule has 1 aliphatic carbocycles. The summed E-state index contributed by atoms with van der Waals surface area (Å²) in [6.07, 6.45) is 3.14. The zero-order valence-electron chi connectivity index (χ0n) is 13.6. The lowest BCUT2D eigenvalue weighted by Gasteiger charge is -2.19. The number of imide groups is 1. The van der Waals surface area contributed by atoms with Crippen LogP contribution in [-0.2, 0) is 16.1 Å². The van der Waals surface area contributed by atoms with E-state index in [1.54, 1.807) is 7.11 Å². The molecule has 7 heteroatoms.